The van der Waals surface area contributed by atoms with E-state index in [2.05, 4.69) is 11.4 Å². The Balaban J connectivity index is 1.13. The van der Waals surface area contributed by atoms with Crippen molar-refractivity contribution in [2.24, 2.45) is 23.7 Å². The van der Waals surface area contributed by atoms with Crippen LogP contribution >= 0.6 is 11.6 Å². The molecule has 0 bridgehead atoms. The van der Waals surface area contributed by atoms with Crippen LogP contribution in [0.5, 0.6) is 5.75 Å². The highest BCUT2D eigenvalue weighted by Gasteiger charge is 2.70. The van der Waals surface area contributed by atoms with E-state index in [4.69, 9.17) is 11.6 Å². The van der Waals surface area contributed by atoms with E-state index in [9.17, 15) is 14.7 Å². The van der Waals surface area contributed by atoms with Gasteiger partial charge in [-0.1, -0.05) is 108 Å². The fourth-order valence-corrected chi connectivity index (χ4v) is 10.5. The first-order valence-corrected chi connectivity index (χ1v) is 19.5. The Kier molecular flexibility index (Phi) is 8.16. The summed E-state index contributed by atoms with van der Waals surface area (Å²) in [6.07, 6.45) is 2.54. The van der Waals surface area contributed by atoms with Crippen molar-refractivity contribution in [2.45, 2.75) is 24.2 Å². The Morgan fingerprint density at radius 2 is 1.32 bits per heavy atom. The number of halogens is 1. The number of allylic oxidation sites excluding steroid dienone is 2. The fourth-order valence-electron chi connectivity index (χ4n) is 10.3. The second-order valence-corrected chi connectivity index (χ2v) is 15.8. The molecule has 8 nitrogen and oxygen atoms in total. The van der Waals surface area contributed by atoms with Gasteiger partial charge in [0.1, 0.15) is 5.75 Å². The number of phenols is 1. The standard InChI is InChI=1S/C48H36ClN3O5/c49-29-12-9-15-33(26-29)52-45(55)40-27-39-37(22-23-38-42(39)46(56)51(44(38)54)32-20-18-31(19-21-32)50-30-13-5-2-6-14-30)43(48(40,47(52)57)28-10-3-1-4-11-28)36-24-25-41(53)35-17-8-7-16-34(35)36/h1-22,24-26,38-40,42-43,50,53H,23,27H2. The van der Waals surface area contributed by atoms with Gasteiger partial charge in [-0.05, 0) is 95.9 Å². The van der Waals surface area contributed by atoms with Gasteiger partial charge in [0.25, 0.3) is 0 Å². The van der Waals surface area contributed by atoms with Gasteiger partial charge in [0.15, 0.2) is 0 Å². The number of nitrogens with one attached hydrogen (secondary N) is 1. The summed E-state index contributed by atoms with van der Waals surface area (Å²) in [5.74, 6) is -4.78. The number of carbonyl (C=O) groups is 4. The lowest BCUT2D eigenvalue weighted by Crippen LogP contribution is -2.53. The number of benzene rings is 6. The third kappa shape index (κ3) is 5.20. The van der Waals surface area contributed by atoms with Crippen LogP contribution in [-0.4, -0.2) is 28.7 Å². The molecule has 57 heavy (non-hydrogen) atoms. The molecule has 10 rings (SSSR count). The Morgan fingerprint density at radius 3 is 2.05 bits per heavy atom. The molecule has 1 saturated carbocycles. The molecule has 6 aromatic carbocycles. The molecular weight excluding hydrogens is 734 g/mol. The normalized spacial score (nSPS) is 25.3. The molecule has 0 aromatic heterocycles. The summed E-state index contributed by atoms with van der Waals surface area (Å²) in [6, 6.07) is 44.2. The summed E-state index contributed by atoms with van der Waals surface area (Å²) < 4.78 is 0. The van der Waals surface area contributed by atoms with E-state index >= 15 is 9.59 Å². The van der Waals surface area contributed by atoms with Crippen LogP contribution in [0.15, 0.2) is 157 Å². The smallest absolute Gasteiger partial charge is 0.246 e. The number of amides is 4. The van der Waals surface area contributed by atoms with E-state index in [1.807, 2.05) is 103 Å². The lowest BCUT2D eigenvalue weighted by atomic mass is 9.49. The lowest BCUT2D eigenvalue weighted by molar-refractivity contribution is -0.127. The van der Waals surface area contributed by atoms with Crippen molar-refractivity contribution < 1.29 is 24.3 Å². The number of anilines is 4. The molecule has 2 saturated heterocycles. The summed E-state index contributed by atoms with van der Waals surface area (Å²) in [4.78, 5) is 62.5. The molecule has 2 N–H and O–H groups in total. The summed E-state index contributed by atoms with van der Waals surface area (Å²) in [5.41, 5.74) is 3.44. The Labute approximate surface area is 334 Å². The fraction of sp³-hybridized carbons (Fsp3) is 0.167. The van der Waals surface area contributed by atoms with Gasteiger partial charge in [0.2, 0.25) is 23.6 Å². The van der Waals surface area contributed by atoms with E-state index in [0.717, 1.165) is 27.9 Å². The summed E-state index contributed by atoms with van der Waals surface area (Å²) in [7, 11) is 0. The molecule has 9 heteroatoms. The van der Waals surface area contributed by atoms with Gasteiger partial charge in [0.05, 0.1) is 34.5 Å². The molecule has 0 radical (unpaired) electrons. The third-order valence-corrected chi connectivity index (χ3v) is 12.8. The van der Waals surface area contributed by atoms with E-state index in [1.54, 1.807) is 42.5 Å². The minimum absolute atomic E-state index is 0.0938. The van der Waals surface area contributed by atoms with Gasteiger partial charge in [-0.3, -0.25) is 24.1 Å². The van der Waals surface area contributed by atoms with Crippen molar-refractivity contribution in [3.8, 4) is 5.75 Å². The van der Waals surface area contributed by atoms with Crippen molar-refractivity contribution >= 4 is 68.8 Å². The first-order chi connectivity index (χ1) is 27.8. The van der Waals surface area contributed by atoms with E-state index in [0.29, 0.717) is 33.8 Å². The summed E-state index contributed by atoms with van der Waals surface area (Å²) in [5, 5.41) is 16.2. The van der Waals surface area contributed by atoms with Crippen LogP contribution in [0.25, 0.3) is 10.8 Å². The average Bonchev–Trinajstić information content (AvgIpc) is 3.63. The number of rotatable bonds is 6. The molecular formula is C48H36ClN3O5. The maximum Gasteiger partial charge on any atom is 0.246 e. The monoisotopic (exact) mass is 769 g/mol. The molecule has 280 valence electrons. The summed E-state index contributed by atoms with van der Waals surface area (Å²) in [6.45, 7) is 0. The number of nitrogens with zero attached hydrogens (tertiary/aromatic N) is 2. The molecule has 3 fully saturated rings. The highest BCUT2D eigenvalue weighted by molar-refractivity contribution is 6.32. The molecule has 6 unspecified atom stereocenters. The average molecular weight is 770 g/mol. The summed E-state index contributed by atoms with van der Waals surface area (Å²) >= 11 is 6.47. The number of aromatic hydroxyl groups is 1. The van der Waals surface area contributed by atoms with Gasteiger partial charge in [-0.25, -0.2) is 4.90 Å². The highest BCUT2D eigenvalue weighted by atomic mass is 35.5. The van der Waals surface area contributed by atoms with Gasteiger partial charge in [0, 0.05) is 27.7 Å². The van der Waals surface area contributed by atoms with Crippen LogP contribution in [-0.2, 0) is 24.6 Å². The van der Waals surface area contributed by atoms with Crippen molar-refractivity contribution in [3.05, 3.63) is 173 Å². The van der Waals surface area contributed by atoms with Gasteiger partial charge in [-0.15, -0.1) is 0 Å². The number of hydrogen-bond donors (Lipinski definition) is 2. The van der Waals surface area contributed by atoms with Gasteiger partial charge >= 0.3 is 0 Å². The molecule has 2 heterocycles. The third-order valence-electron chi connectivity index (χ3n) is 12.6. The molecule has 0 spiro atoms. The maximum absolute atomic E-state index is 15.6. The van der Waals surface area contributed by atoms with Crippen molar-refractivity contribution in [3.63, 3.8) is 0 Å². The van der Waals surface area contributed by atoms with Gasteiger partial charge in [-0.2, -0.15) is 0 Å². The Bertz CT molecular complexity index is 2660. The second kappa shape index (κ2) is 13.3. The molecule has 6 aromatic rings. The zero-order chi connectivity index (χ0) is 39.0. The number of fused-ring (bicyclic) bond motifs is 5. The van der Waals surface area contributed by atoms with Crippen LogP contribution in [0, 0.1) is 23.7 Å². The van der Waals surface area contributed by atoms with E-state index < -0.39 is 35.0 Å². The van der Waals surface area contributed by atoms with Crippen LogP contribution in [0.2, 0.25) is 5.02 Å². The van der Waals surface area contributed by atoms with Crippen molar-refractivity contribution in [1.29, 1.82) is 0 Å². The number of para-hydroxylation sites is 1. The van der Waals surface area contributed by atoms with Crippen LogP contribution in [0.1, 0.15) is 29.9 Å². The molecule has 6 atom stereocenters. The minimum Gasteiger partial charge on any atom is -0.507 e. The lowest BCUT2D eigenvalue weighted by Gasteiger charge is -2.51. The number of phenolic OH excluding ortho intramolecular Hbond substituents is 1. The first-order valence-electron chi connectivity index (χ1n) is 19.2. The SMILES string of the molecule is O=C1C2CC=C3C(CC4C(=O)N(c5cccc(Cl)c5)C(=O)C4(c4ccccc4)C3c3ccc(O)c4ccccc34)C2C(=O)N1c1ccc(Nc2ccccc2)cc1. The van der Waals surface area contributed by atoms with Crippen molar-refractivity contribution in [1.82, 2.24) is 0 Å². The van der Waals surface area contributed by atoms with Crippen LogP contribution in [0.4, 0.5) is 22.7 Å². The highest BCUT2D eigenvalue weighted by Crippen LogP contribution is 2.65. The molecule has 4 amide bonds. The topological polar surface area (TPSA) is 107 Å². The molecule has 4 aliphatic rings. The van der Waals surface area contributed by atoms with E-state index in [1.165, 1.54) is 9.80 Å². The van der Waals surface area contributed by atoms with E-state index in [-0.39, 0.29) is 35.8 Å². The second-order valence-electron chi connectivity index (χ2n) is 15.4. The zero-order valence-corrected chi connectivity index (χ0v) is 31.3. The van der Waals surface area contributed by atoms with Gasteiger partial charge < -0.3 is 10.4 Å². The molecule has 2 aliphatic heterocycles. The quantitative estimate of drug-likeness (QED) is 0.129. The Hall–Kier alpha value is -6.51. The van der Waals surface area contributed by atoms with Crippen LogP contribution < -0.4 is 15.1 Å². The van der Waals surface area contributed by atoms with Crippen LogP contribution in [0.3, 0.4) is 0 Å². The number of hydrogen-bond acceptors (Lipinski definition) is 6. The molecule has 2 aliphatic carbocycles. The maximum atomic E-state index is 15.6. The number of carbonyl (C=O) groups excluding carboxylic acids is 4. The van der Waals surface area contributed by atoms with Crippen molar-refractivity contribution in [2.75, 3.05) is 15.1 Å². The predicted octanol–water partition coefficient (Wildman–Crippen LogP) is 9.31. The number of imide groups is 2. The predicted molar refractivity (Wildman–Crippen MR) is 220 cm³/mol. The largest absolute Gasteiger partial charge is 0.507 e. The zero-order valence-electron chi connectivity index (χ0n) is 30.6. The first kappa shape index (κ1) is 34.9. The Morgan fingerprint density at radius 1 is 0.632 bits per heavy atom. The minimum atomic E-state index is -1.43.